The van der Waals surface area contributed by atoms with Gasteiger partial charge in [0.05, 0.1) is 0 Å². The number of carbonyl (C=O) groups is 1. The average molecular weight is 183 g/mol. The Kier molecular flexibility index (Phi) is 2.54. The van der Waals surface area contributed by atoms with Crippen LogP contribution in [-0.2, 0) is 4.79 Å². The lowest BCUT2D eigenvalue weighted by Gasteiger charge is -2.32. The van der Waals surface area contributed by atoms with Crippen molar-refractivity contribution < 1.29 is 9.90 Å². The second-order valence-corrected chi connectivity index (χ2v) is 4.37. The van der Waals surface area contributed by atoms with Crippen LogP contribution in [0.3, 0.4) is 0 Å². The summed E-state index contributed by atoms with van der Waals surface area (Å²) in [5, 5.41) is 12.1. The maximum absolute atomic E-state index is 10.6. The van der Waals surface area contributed by atoms with Crippen molar-refractivity contribution in [3.8, 4) is 0 Å². The van der Waals surface area contributed by atoms with Crippen LogP contribution in [0, 0.1) is 17.8 Å². The first-order chi connectivity index (χ1) is 6.27. The van der Waals surface area contributed by atoms with Crippen molar-refractivity contribution in [3.05, 3.63) is 0 Å². The van der Waals surface area contributed by atoms with Gasteiger partial charge in [-0.3, -0.25) is 4.79 Å². The monoisotopic (exact) mass is 183 g/mol. The minimum atomic E-state index is -0.627. The van der Waals surface area contributed by atoms with E-state index in [1.54, 1.807) is 0 Å². The van der Waals surface area contributed by atoms with Crippen molar-refractivity contribution in [1.29, 1.82) is 0 Å². The number of aliphatic carboxylic acids is 1. The Balaban J connectivity index is 1.97. The Morgan fingerprint density at radius 3 is 3.00 bits per heavy atom. The molecule has 0 bridgehead atoms. The molecule has 1 aliphatic carbocycles. The van der Waals surface area contributed by atoms with E-state index < -0.39 is 5.97 Å². The topological polar surface area (TPSA) is 49.3 Å². The largest absolute Gasteiger partial charge is 0.481 e. The highest BCUT2D eigenvalue weighted by molar-refractivity contribution is 5.67. The fourth-order valence-corrected chi connectivity index (χ4v) is 2.96. The molecule has 0 aromatic carbocycles. The van der Waals surface area contributed by atoms with Crippen molar-refractivity contribution in [3.63, 3.8) is 0 Å². The zero-order valence-corrected chi connectivity index (χ0v) is 7.83. The van der Waals surface area contributed by atoms with Gasteiger partial charge >= 0.3 is 5.97 Å². The molecule has 3 heteroatoms. The van der Waals surface area contributed by atoms with Crippen LogP contribution in [0.25, 0.3) is 0 Å². The first-order valence-electron chi connectivity index (χ1n) is 5.20. The van der Waals surface area contributed by atoms with Gasteiger partial charge in [0.15, 0.2) is 0 Å². The molecule has 0 aromatic rings. The van der Waals surface area contributed by atoms with Crippen LogP contribution < -0.4 is 5.32 Å². The van der Waals surface area contributed by atoms with Gasteiger partial charge in [-0.15, -0.1) is 0 Å². The third kappa shape index (κ3) is 1.85. The number of nitrogens with one attached hydrogen (secondary N) is 1. The second kappa shape index (κ2) is 3.66. The van der Waals surface area contributed by atoms with Gasteiger partial charge in [-0.05, 0) is 43.7 Å². The Morgan fingerprint density at radius 2 is 2.23 bits per heavy atom. The standard InChI is InChI=1S/C10H17NO2/c12-10(13)4-7-2-1-3-8-5-11-6-9(7)8/h7-9,11H,1-6H2,(H,12,13). The number of fused-ring (bicyclic) bond motifs is 1. The van der Waals surface area contributed by atoms with Crippen LogP contribution >= 0.6 is 0 Å². The molecule has 1 heterocycles. The number of carboxylic acids is 1. The van der Waals surface area contributed by atoms with Crippen LogP contribution in [-0.4, -0.2) is 24.2 Å². The summed E-state index contributed by atoms with van der Waals surface area (Å²) in [5.41, 5.74) is 0. The SMILES string of the molecule is O=C(O)CC1CCCC2CNCC21. The van der Waals surface area contributed by atoms with Crippen molar-refractivity contribution in [1.82, 2.24) is 5.32 Å². The van der Waals surface area contributed by atoms with E-state index in [2.05, 4.69) is 5.32 Å². The van der Waals surface area contributed by atoms with E-state index in [-0.39, 0.29) is 0 Å². The summed E-state index contributed by atoms with van der Waals surface area (Å²) < 4.78 is 0. The molecule has 0 radical (unpaired) electrons. The molecule has 2 N–H and O–H groups in total. The van der Waals surface area contributed by atoms with Crippen molar-refractivity contribution >= 4 is 5.97 Å². The average Bonchev–Trinajstić information content (AvgIpc) is 2.51. The lowest BCUT2D eigenvalue weighted by Crippen LogP contribution is -2.28. The molecule has 0 aromatic heterocycles. The van der Waals surface area contributed by atoms with E-state index in [9.17, 15) is 4.79 Å². The van der Waals surface area contributed by atoms with E-state index in [1.165, 1.54) is 12.8 Å². The fourth-order valence-electron chi connectivity index (χ4n) is 2.96. The second-order valence-electron chi connectivity index (χ2n) is 4.37. The summed E-state index contributed by atoms with van der Waals surface area (Å²) in [7, 11) is 0. The zero-order chi connectivity index (χ0) is 9.26. The van der Waals surface area contributed by atoms with Gasteiger partial charge in [0.2, 0.25) is 0 Å². The Hall–Kier alpha value is -0.570. The minimum absolute atomic E-state index is 0.378. The molecule has 1 aliphatic heterocycles. The summed E-state index contributed by atoms with van der Waals surface area (Å²) >= 11 is 0. The highest BCUT2D eigenvalue weighted by Crippen LogP contribution is 2.38. The number of hydrogen-bond acceptors (Lipinski definition) is 2. The van der Waals surface area contributed by atoms with Gasteiger partial charge in [-0.25, -0.2) is 0 Å². The third-order valence-corrected chi connectivity index (χ3v) is 3.58. The van der Waals surface area contributed by atoms with Crippen molar-refractivity contribution in [2.45, 2.75) is 25.7 Å². The van der Waals surface area contributed by atoms with Gasteiger partial charge in [0, 0.05) is 6.42 Å². The molecule has 1 saturated heterocycles. The molecule has 1 saturated carbocycles. The Morgan fingerprint density at radius 1 is 1.38 bits per heavy atom. The van der Waals surface area contributed by atoms with E-state index in [0.29, 0.717) is 18.3 Å². The van der Waals surface area contributed by atoms with Gasteiger partial charge in [0.25, 0.3) is 0 Å². The first-order valence-corrected chi connectivity index (χ1v) is 5.20. The predicted molar refractivity (Wildman–Crippen MR) is 49.4 cm³/mol. The lowest BCUT2D eigenvalue weighted by molar-refractivity contribution is -0.138. The molecule has 2 rings (SSSR count). The van der Waals surface area contributed by atoms with Gasteiger partial charge in [0.1, 0.15) is 0 Å². The van der Waals surface area contributed by atoms with Crippen molar-refractivity contribution in [2.75, 3.05) is 13.1 Å². The molecule has 74 valence electrons. The maximum Gasteiger partial charge on any atom is 0.303 e. The summed E-state index contributed by atoms with van der Waals surface area (Å²) in [6.45, 7) is 2.16. The van der Waals surface area contributed by atoms with Gasteiger partial charge in [-0.1, -0.05) is 6.42 Å². The molecule has 2 aliphatic rings. The van der Waals surface area contributed by atoms with E-state index in [4.69, 9.17) is 5.11 Å². The predicted octanol–water partition coefficient (Wildman–Crippen LogP) is 1.10. The van der Waals surface area contributed by atoms with Crippen molar-refractivity contribution in [2.24, 2.45) is 17.8 Å². The number of rotatable bonds is 2. The molecule has 3 nitrogen and oxygen atoms in total. The van der Waals surface area contributed by atoms with Gasteiger partial charge in [-0.2, -0.15) is 0 Å². The van der Waals surface area contributed by atoms with Crippen LogP contribution in [0.5, 0.6) is 0 Å². The normalized spacial score (nSPS) is 38.6. The Labute approximate surface area is 78.5 Å². The van der Waals surface area contributed by atoms with Gasteiger partial charge < -0.3 is 10.4 Å². The van der Waals surface area contributed by atoms with Crippen LogP contribution in [0.2, 0.25) is 0 Å². The third-order valence-electron chi connectivity index (χ3n) is 3.58. The molecule has 3 atom stereocenters. The van der Waals surface area contributed by atoms with Crippen LogP contribution in [0.4, 0.5) is 0 Å². The molecule has 2 fully saturated rings. The van der Waals surface area contributed by atoms with Crippen LogP contribution in [0.15, 0.2) is 0 Å². The molecule has 0 amide bonds. The minimum Gasteiger partial charge on any atom is -0.481 e. The smallest absolute Gasteiger partial charge is 0.303 e. The van der Waals surface area contributed by atoms with E-state index in [0.717, 1.165) is 25.4 Å². The summed E-state index contributed by atoms with van der Waals surface area (Å²) in [6.07, 6.45) is 4.02. The highest BCUT2D eigenvalue weighted by atomic mass is 16.4. The van der Waals surface area contributed by atoms with E-state index in [1.807, 2.05) is 0 Å². The molecular formula is C10H17NO2. The number of hydrogen-bond donors (Lipinski definition) is 2. The molecule has 13 heavy (non-hydrogen) atoms. The summed E-state index contributed by atoms with van der Waals surface area (Å²) in [4.78, 5) is 10.6. The lowest BCUT2D eigenvalue weighted by atomic mass is 9.72. The van der Waals surface area contributed by atoms with E-state index >= 15 is 0 Å². The first kappa shape index (κ1) is 9.00. The summed E-state index contributed by atoms with van der Waals surface area (Å²) in [6, 6.07) is 0. The fraction of sp³-hybridized carbons (Fsp3) is 0.900. The maximum atomic E-state index is 10.6. The Bertz CT molecular complexity index is 205. The molecule has 3 unspecified atom stereocenters. The molecular weight excluding hydrogens is 166 g/mol. The van der Waals surface area contributed by atoms with Crippen LogP contribution in [0.1, 0.15) is 25.7 Å². The zero-order valence-electron chi connectivity index (χ0n) is 7.83. The number of carboxylic acid groups (broad SMARTS) is 1. The molecule has 0 spiro atoms. The quantitative estimate of drug-likeness (QED) is 0.674. The summed E-state index contributed by atoms with van der Waals surface area (Å²) in [5.74, 6) is 1.21. The highest BCUT2D eigenvalue weighted by Gasteiger charge is 2.37.